The molecular weight excluding hydrogens is 262 g/mol. The average Bonchev–Trinajstić information content (AvgIpc) is 2.98. The number of hydrogen-bond acceptors (Lipinski definition) is 6. The topological polar surface area (TPSA) is 92.6 Å². The van der Waals surface area contributed by atoms with E-state index in [0.29, 0.717) is 5.82 Å². The molecule has 108 valence electrons. The smallest absolute Gasteiger partial charge is 0.358 e. The van der Waals surface area contributed by atoms with E-state index in [2.05, 4.69) is 14.9 Å². The van der Waals surface area contributed by atoms with Gasteiger partial charge in [-0.2, -0.15) is 0 Å². The Hall–Kier alpha value is -2.18. The molecule has 0 radical (unpaired) electrons. The van der Waals surface area contributed by atoms with Crippen LogP contribution in [0.15, 0.2) is 12.1 Å². The summed E-state index contributed by atoms with van der Waals surface area (Å²) >= 11 is 0. The van der Waals surface area contributed by atoms with Crippen molar-refractivity contribution in [1.82, 2.24) is 10.2 Å². The molecule has 0 atom stereocenters. The lowest BCUT2D eigenvalue weighted by molar-refractivity contribution is -0.135. The SMILES string of the molecule is COC(=O)c1ccc(N(CC(=O)O)C2CCCC2)nn1. The summed E-state index contributed by atoms with van der Waals surface area (Å²) in [5, 5.41) is 16.8. The number of aliphatic carboxylic acids is 1. The van der Waals surface area contributed by atoms with Gasteiger partial charge < -0.3 is 14.7 Å². The summed E-state index contributed by atoms with van der Waals surface area (Å²) in [6.45, 7) is -0.114. The number of hydrogen-bond donors (Lipinski definition) is 1. The van der Waals surface area contributed by atoms with Gasteiger partial charge in [0.15, 0.2) is 11.5 Å². The molecular formula is C13H17N3O4. The largest absolute Gasteiger partial charge is 0.480 e. The second kappa shape index (κ2) is 6.31. The van der Waals surface area contributed by atoms with E-state index >= 15 is 0 Å². The Bertz CT molecular complexity index is 483. The zero-order valence-corrected chi connectivity index (χ0v) is 11.3. The molecule has 0 amide bonds. The van der Waals surface area contributed by atoms with Crippen molar-refractivity contribution in [3.8, 4) is 0 Å². The Morgan fingerprint density at radius 3 is 2.55 bits per heavy atom. The molecule has 1 heterocycles. The van der Waals surface area contributed by atoms with Gasteiger partial charge in [0.2, 0.25) is 0 Å². The molecule has 20 heavy (non-hydrogen) atoms. The molecule has 1 aliphatic carbocycles. The van der Waals surface area contributed by atoms with Crippen molar-refractivity contribution in [3.63, 3.8) is 0 Å². The maximum Gasteiger partial charge on any atom is 0.358 e. The minimum Gasteiger partial charge on any atom is -0.480 e. The summed E-state index contributed by atoms with van der Waals surface area (Å²) in [6.07, 6.45) is 4.09. The van der Waals surface area contributed by atoms with E-state index in [0.717, 1.165) is 25.7 Å². The number of nitrogens with zero attached hydrogens (tertiary/aromatic N) is 3. The lowest BCUT2D eigenvalue weighted by atomic mass is 10.2. The third-order valence-corrected chi connectivity index (χ3v) is 3.41. The Morgan fingerprint density at radius 2 is 2.05 bits per heavy atom. The van der Waals surface area contributed by atoms with Crippen molar-refractivity contribution < 1.29 is 19.4 Å². The molecule has 0 unspecified atom stereocenters. The van der Waals surface area contributed by atoms with Gasteiger partial charge in [0.1, 0.15) is 6.54 Å². The van der Waals surface area contributed by atoms with Crippen LogP contribution in [0.4, 0.5) is 5.82 Å². The lowest BCUT2D eigenvalue weighted by Crippen LogP contribution is -2.38. The van der Waals surface area contributed by atoms with E-state index in [1.165, 1.54) is 13.2 Å². The minimum absolute atomic E-state index is 0.109. The number of ether oxygens (including phenoxy) is 1. The molecule has 1 aromatic heterocycles. The molecule has 1 N–H and O–H groups in total. The summed E-state index contributed by atoms with van der Waals surface area (Å²) in [7, 11) is 1.27. The molecule has 1 fully saturated rings. The Kier molecular flexibility index (Phi) is 4.49. The van der Waals surface area contributed by atoms with E-state index in [-0.39, 0.29) is 18.3 Å². The average molecular weight is 279 g/mol. The van der Waals surface area contributed by atoms with Crippen molar-refractivity contribution in [3.05, 3.63) is 17.8 Å². The predicted molar refractivity (Wildman–Crippen MR) is 70.6 cm³/mol. The second-order valence-electron chi connectivity index (χ2n) is 4.73. The monoisotopic (exact) mass is 279 g/mol. The molecule has 0 bridgehead atoms. The highest BCUT2D eigenvalue weighted by atomic mass is 16.5. The number of carbonyl (C=O) groups is 2. The van der Waals surface area contributed by atoms with Crippen LogP contribution in [0.25, 0.3) is 0 Å². The maximum absolute atomic E-state index is 11.3. The van der Waals surface area contributed by atoms with Gasteiger partial charge in [-0.3, -0.25) is 4.79 Å². The Morgan fingerprint density at radius 1 is 1.35 bits per heavy atom. The highest BCUT2D eigenvalue weighted by Gasteiger charge is 2.26. The Labute approximate surface area is 116 Å². The van der Waals surface area contributed by atoms with Crippen molar-refractivity contribution in [2.45, 2.75) is 31.7 Å². The third-order valence-electron chi connectivity index (χ3n) is 3.41. The first kappa shape index (κ1) is 14.2. The van der Waals surface area contributed by atoms with Crippen molar-refractivity contribution in [1.29, 1.82) is 0 Å². The standard InChI is InChI=1S/C13H17N3O4/c1-20-13(19)10-6-7-11(15-14-10)16(8-12(17)18)9-4-2-3-5-9/h6-7,9H,2-5,8H2,1H3,(H,17,18). The summed E-state index contributed by atoms with van der Waals surface area (Å²) < 4.78 is 4.55. The minimum atomic E-state index is -0.907. The van der Waals surface area contributed by atoms with Crippen molar-refractivity contribution in [2.75, 3.05) is 18.6 Å². The van der Waals surface area contributed by atoms with Crippen LogP contribution in [-0.2, 0) is 9.53 Å². The number of anilines is 1. The van der Waals surface area contributed by atoms with Gasteiger partial charge >= 0.3 is 11.9 Å². The summed E-state index contributed by atoms with van der Waals surface area (Å²) in [4.78, 5) is 24.0. The molecule has 7 nitrogen and oxygen atoms in total. The number of carboxylic acid groups (broad SMARTS) is 1. The number of methoxy groups -OCH3 is 1. The Balaban J connectivity index is 2.19. The predicted octanol–water partition coefficient (Wildman–Crippen LogP) is 1.10. The van der Waals surface area contributed by atoms with Gasteiger partial charge in [0, 0.05) is 6.04 Å². The highest BCUT2D eigenvalue weighted by molar-refractivity contribution is 5.87. The molecule has 0 saturated heterocycles. The van der Waals surface area contributed by atoms with Crippen LogP contribution >= 0.6 is 0 Å². The van der Waals surface area contributed by atoms with Gasteiger partial charge in [-0.05, 0) is 25.0 Å². The number of esters is 1. The molecule has 0 aliphatic heterocycles. The van der Waals surface area contributed by atoms with Crippen LogP contribution < -0.4 is 4.90 Å². The maximum atomic E-state index is 11.3. The molecule has 7 heteroatoms. The first-order valence-electron chi connectivity index (χ1n) is 6.52. The van der Waals surface area contributed by atoms with Crippen LogP contribution in [-0.4, -0.2) is 46.9 Å². The van der Waals surface area contributed by atoms with Gasteiger partial charge in [0.05, 0.1) is 7.11 Å². The van der Waals surface area contributed by atoms with Gasteiger partial charge in [0.25, 0.3) is 0 Å². The van der Waals surface area contributed by atoms with E-state index in [1.54, 1.807) is 11.0 Å². The zero-order chi connectivity index (χ0) is 14.5. The van der Waals surface area contributed by atoms with E-state index in [4.69, 9.17) is 5.11 Å². The molecule has 0 aromatic carbocycles. The first-order chi connectivity index (χ1) is 9.61. The van der Waals surface area contributed by atoms with E-state index in [1.807, 2.05) is 0 Å². The van der Waals surface area contributed by atoms with Crippen molar-refractivity contribution in [2.24, 2.45) is 0 Å². The van der Waals surface area contributed by atoms with E-state index < -0.39 is 11.9 Å². The van der Waals surface area contributed by atoms with Gasteiger partial charge in [-0.25, -0.2) is 4.79 Å². The second-order valence-corrected chi connectivity index (χ2v) is 4.73. The number of rotatable bonds is 5. The number of carboxylic acids is 1. The molecule has 1 saturated carbocycles. The van der Waals surface area contributed by atoms with Gasteiger partial charge in [-0.15, -0.1) is 10.2 Å². The summed E-state index contributed by atoms with van der Waals surface area (Å²) in [6, 6.07) is 3.28. The van der Waals surface area contributed by atoms with Crippen molar-refractivity contribution >= 4 is 17.8 Å². The zero-order valence-electron chi connectivity index (χ0n) is 11.3. The summed E-state index contributed by atoms with van der Waals surface area (Å²) in [5.74, 6) is -0.989. The van der Waals surface area contributed by atoms with Crippen LogP contribution in [0.2, 0.25) is 0 Å². The quantitative estimate of drug-likeness (QED) is 0.806. The normalized spacial score (nSPS) is 15.1. The molecule has 1 aliphatic rings. The van der Waals surface area contributed by atoms with Crippen LogP contribution in [0.5, 0.6) is 0 Å². The molecule has 0 spiro atoms. The van der Waals surface area contributed by atoms with Crippen LogP contribution in [0, 0.1) is 0 Å². The molecule has 1 aromatic rings. The lowest BCUT2D eigenvalue weighted by Gasteiger charge is -2.27. The fraction of sp³-hybridized carbons (Fsp3) is 0.538. The third kappa shape index (κ3) is 3.23. The number of aromatic nitrogens is 2. The van der Waals surface area contributed by atoms with Crippen LogP contribution in [0.3, 0.4) is 0 Å². The van der Waals surface area contributed by atoms with E-state index in [9.17, 15) is 9.59 Å². The summed E-state index contributed by atoms with van der Waals surface area (Å²) in [5.41, 5.74) is 0.109. The highest BCUT2D eigenvalue weighted by Crippen LogP contribution is 2.26. The fourth-order valence-electron chi connectivity index (χ4n) is 2.45. The molecule has 2 rings (SSSR count). The number of carbonyl (C=O) groups excluding carboxylic acids is 1. The van der Waals surface area contributed by atoms with Gasteiger partial charge in [-0.1, -0.05) is 12.8 Å². The first-order valence-corrected chi connectivity index (χ1v) is 6.52. The fourth-order valence-corrected chi connectivity index (χ4v) is 2.45. The van der Waals surface area contributed by atoms with Crippen LogP contribution in [0.1, 0.15) is 36.2 Å².